The molecule has 0 heterocycles. The van der Waals surface area contributed by atoms with Crippen molar-refractivity contribution in [3.8, 4) is 6.07 Å². The van der Waals surface area contributed by atoms with E-state index < -0.39 is 17.9 Å². The van der Waals surface area contributed by atoms with E-state index in [9.17, 15) is 14.4 Å². The first kappa shape index (κ1) is 31.9. The van der Waals surface area contributed by atoms with Gasteiger partial charge in [0.2, 0.25) is 0 Å². The predicted octanol–water partition coefficient (Wildman–Crippen LogP) is 4.11. The summed E-state index contributed by atoms with van der Waals surface area (Å²) in [7, 11) is 2.60. The van der Waals surface area contributed by atoms with Gasteiger partial charge in [-0.05, 0) is 13.3 Å². The van der Waals surface area contributed by atoms with Crippen LogP contribution in [0.5, 0.6) is 0 Å². The number of carboxylic acid groups (broad SMARTS) is 1. The Labute approximate surface area is 169 Å². The highest BCUT2D eigenvalue weighted by Crippen LogP contribution is 2.00. The summed E-state index contributed by atoms with van der Waals surface area (Å²) in [6.07, 6.45) is 4.33. The lowest BCUT2D eigenvalue weighted by molar-refractivity contribution is -0.136. The summed E-state index contributed by atoms with van der Waals surface area (Å²) in [5.74, 6) is -1.77. The summed E-state index contributed by atoms with van der Waals surface area (Å²) in [5.41, 5.74) is 0.522. The van der Waals surface area contributed by atoms with Gasteiger partial charge in [-0.2, -0.15) is 5.26 Å². The van der Waals surface area contributed by atoms with E-state index in [0.29, 0.717) is 12.0 Å². The van der Waals surface area contributed by atoms with Crippen molar-refractivity contribution in [2.45, 2.75) is 13.3 Å². The summed E-state index contributed by atoms with van der Waals surface area (Å²) in [4.78, 5) is 30.1. The van der Waals surface area contributed by atoms with E-state index >= 15 is 0 Å². The van der Waals surface area contributed by atoms with Crippen LogP contribution < -0.4 is 0 Å². The van der Waals surface area contributed by atoms with Crippen LogP contribution in [0.1, 0.15) is 13.3 Å². The number of nitrogens with zero attached hydrogens (tertiary/aromatic N) is 1. The maximum atomic E-state index is 10.7. The zero-order chi connectivity index (χ0) is 22.4. The fourth-order valence-electron chi connectivity index (χ4n) is 0.565. The fourth-order valence-corrected chi connectivity index (χ4v) is 0.565. The lowest BCUT2D eigenvalue weighted by Gasteiger charge is -1.97. The first-order chi connectivity index (χ1) is 12.4. The van der Waals surface area contributed by atoms with Crippen LogP contribution in [0.15, 0.2) is 60.2 Å². The molecule has 0 aliphatic carbocycles. The van der Waals surface area contributed by atoms with Crippen LogP contribution in [0.3, 0.4) is 0 Å². The molecule has 0 amide bonds. The molecule has 0 aromatic heterocycles. The minimum atomic E-state index is -0.935. The molecule has 0 saturated heterocycles. The number of carbonyl (C=O) groups is 3. The molecular formula is C18H23Cl2NO6. The van der Waals surface area contributed by atoms with Crippen molar-refractivity contribution in [3.05, 3.63) is 60.2 Å². The number of hydrogen-bond donors (Lipinski definition) is 1. The maximum absolute atomic E-state index is 10.7. The van der Waals surface area contributed by atoms with E-state index in [4.69, 9.17) is 33.6 Å². The molecule has 0 saturated carbocycles. The van der Waals surface area contributed by atoms with Crippen molar-refractivity contribution < 1.29 is 29.0 Å². The number of hydrogen-bond acceptors (Lipinski definition) is 6. The zero-order valence-corrected chi connectivity index (χ0v) is 17.0. The summed E-state index contributed by atoms with van der Waals surface area (Å²) < 4.78 is 8.64. The number of rotatable bonds is 5. The molecule has 1 N–H and O–H groups in total. The Kier molecular flexibility index (Phi) is 27.4. The molecule has 0 aromatic rings. The number of nitriles is 1. The van der Waals surface area contributed by atoms with Crippen LogP contribution in [0, 0.1) is 11.3 Å². The molecule has 27 heavy (non-hydrogen) atoms. The van der Waals surface area contributed by atoms with Crippen LogP contribution in [-0.4, -0.2) is 37.2 Å². The molecule has 0 aromatic carbocycles. The minimum absolute atomic E-state index is 0.111. The normalized spacial score (nSPS) is 7.85. The average Bonchev–Trinajstić information content (AvgIpc) is 2.60. The second-order valence-electron chi connectivity index (χ2n) is 3.98. The highest BCUT2D eigenvalue weighted by molar-refractivity contribution is 6.55. The Hall–Kier alpha value is -2.82. The minimum Gasteiger partial charge on any atom is -0.478 e. The predicted molar refractivity (Wildman–Crippen MR) is 106 cm³/mol. The summed E-state index contributed by atoms with van der Waals surface area (Å²) in [6, 6.07) is 1.81. The summed E-state index contributed by atoms with van der Waals surface area (Å²) in [5, 5.41) is 16.0. The molecule has 7 nitrogen and oxygen atoms in total. The quantitative estimate of drug-likeness (QED) is 0.404. The Balaban J connectivity index is -0.000000142. The molecule has 0 unspecified atom stereocenters. The highest BCUT2D eigenvalue weighted by atomic mass is 35.5. The van der Waals surface area contributed by atoms with Gasteiger partial charge in [-0.3, -0.25) is 0 Å². The van der Waals surface area contributed by atoms with Gasteiger partial charge in [0.05, 0.1) is 24.8 Å². The van der Waals surface area contributed by atoms with Gasteiger partial charge in [0.1, 0.15) is 0 Å². The first-order valence-corrected chi connectivity index (χ1v) is 7.56. The third kappa shape index (κ3) is 39.7. The largest absolute Gasteiger partial charge is 0.478 e. The van der Waals surface area contributed by atoms with E-state index in [-0.39, 0.29) is 10.1 Å². The molecule has 0 aliphatic heterocycles. The SMILES string of the molecule is C=C(C)C(=O)O.C=C(CC=CC#N)C(=O)OC.C=C(Cl)Cl.C=CC(=O)OC. The third-order valence-corrected chi connectivity index (χ3v) is 1.76. The monoisotopic (exact) mass is 419 g/mol. The van der Waals surface area contributed by atoms with Gasteiger partial charge < -0.3 is 14.6 Å². The standard InChI is InChI=1S/C8H9NO2.2C4H6O2.C2H2Cl2/c1-7(8(10)11-2)5-3-4-6-9;1-3-4(5)6-2;1-3(2)4(5)6;1-2(3)4/h3-4H,1,5H2,2H3;3H,1H2,2H3;1H2,2H3,(H,5,6);1H2. The molecule has 9 heteroatoms. The third-order valence-electron chi connectivity index (χ3n) is 1.76. The van der Waals surface area contributed by atoms with Crippen molar-refractivity contribution >= 4 is 41.1 Å². The van der Waals surface area contributed by atoms with Gasteiger partial charge in [-0.15, -0.1) is 0 Å². The molecule has 150 valence electrons. The van der Waals surface area contributed by atoms with Gasteiger partial charge in [0, 0.05) is 23.3 Å². The number of allylic oxidation sites excluding steroid dienone is 2. The number of halogens is 2. The van der Waals surface area contributed by atoms with Gasteiger partial charge in [-0.1, -0.05) is 55.6 Å². The lowest BCUT2D eigenvalue weighted by Crippen LogP contribution is -2.02. The van der Waals surface area contributed by atoms with Crippen LogP contribution >= 0.6 is 23.2 Å². The zero-order valence-electron chi connectivity index (χ0n) is 15.5. The van der Waals surface area contributed by atoms with Gasteiger partial charge >= 0.3 is 17.9 Å². The van der Waals surface area contributed by atoms with Crippen LogP contribution in [0.25, 0.3) is 0 Å². The molecule has 0 radical (unpaired) electrons. The number of aliphatic carboxylic acids is 1. The van der Waals surface area contributed by atoms with E-state index in [0.717, 1.165) is 6.08 Å². The number of carbonyl (C=O) groups excluding carboxylic acids is 2. The van der Waals surface area contributed by atoms with E-state index in [2.05, 4.69) is 35.8 Å². The second-order valence-corrected chi connectivity index (χ2v) is 5.09. The number of ether oxygens (including phenoxy) is 2. The molecule has 0 bridgehead atoms. The first-order valence-electron chi connectivity index (χ1n) is 6.80. The Bertz CT molecular complexity index is 585. The van der Waals surface area contributed by atoms with E-state index in [1.165, 1.54) is 27.2 Å². The maximum Gasteiger partial charge on any atom is 0.333 e. The molecule has 0 aliphatic rings. The second kappa shape index (κ2) is 23.2. The Morgan fingerprint density at radius 2 is 1.56 bits per heavy atom. The van der Waals surface area contributed by atoms with Crippen molar-refractivity contribution in [3.63, 3.8) is 0 Å². The highest BCUT2D eigenvalue weighted by Gasteiger charge is 2.02. The molecule has 0 fully saturated rings. The van der Waals surface area contributed by atoms with Gasteiger partial charge in [-0.25, -0.2) is 14.4 Å². The number of esters is 2. The smallest absolute Gasteiger partial charge is 0.333 e. The van der Waals surface area contributed by atoms with Crippen LogP contribution in [-0.2, 0) is 23.9 Å². The van der Waals surface area contributed by atoms with Gasteiger partial charge in [0.25, 0.3) is 0 Å². The summed E-state index contributed by atoms with van der Waals surface area (Å²) >= 11 is 9.69. The van der Waals surface area contributed by atoms with E-state index in [1.54, 1.807) is 12.1 Å². The topological polar surface area (TPSA) is 114 Å². The fraction of sp³-hybridized carbons (Fsp3) is 0.222. The molecule has 0 rings (SSSR count). The number of carboxylic acids is 1. The van der Waals surface area contributed by atoms with Gasteiger partial charge in [0.15, 0.2) is 0 Å². The average molecular weight is 420 g/mol. The Morgan fingerprint density at radius 1 is 1.15 bits per heavy atom. The molecule has 0 atom stereocenters. The Morgan fingerprint density at radius 3 is 1.74 bits per heavy atom. The lowest BCUT2D eigenvalue weighted by atomic mass is 10.2. The molecule has 0 spiro atoms. The van der Waals surface area contributed by atoms with Crippen molar-refractivity contribution in [2.24, 2.45) is 0 Å². The van der Waals surface area contributed by atoms with Crippen LogP contribution in [0.4, 0.5) is 0 Å². The molecular weight excluding hydrogens is 397 g/mol. The van der Waals surface area contributed by atoms with Crippen molar-refractivity contribution in [1.29, 1.82) is 5.26 Å². The van der Waals surface area contributed by atoms with Crippen molar-refractivity contribution in [1.82, 2.24) is 0 Å². The van der Waals surface area contributed by atoms with Crippen molar-refractivity contribution in [2.75, 3.05) is 14.2 Å². The van der Waals surface area contributed by atoms with Crippen LogP contribution in [0.2, 0.25) is 0 Å². The number of methoxy groups -OCH3 is 2. The van der Waals surface area contributed by atoms with E-state index in [1.807, 2.05) is 0 Å². The summed E-state index contributed by atoms with van der Waals surface area (Å²) in [6.45, 7) is 14.3.